The fourth-order valence-corrected chi connectivity index (χ4v) is 3.96. The minimum absolute atomic E-state index is 0.0784. The highest BCUT2D eigenvalue weighted by atomic mass is 19.1. The van der Waals surface area contributed by atoms with Gasteiger partial charge in [0.15, 0.2) is 0 Å². The zero-order valence-corrected chi connectivity index (χ0v) is 17.6. The van der Waals surface area contributed by atoms with Crippen LogP contribution in [-0.4, -0.2) is 59.1 Å². The number of nitrogens with zero attached hydrogens (tertiary/aromatic N) is 2. The van der Waals surface area contributed by atoms with E-state index in [2.05, 4.69) is 10.2 Å². The van der Waals surface area contributed by atoms with Crippen molar-refractivity contribution in [2.24, 2.45) is 0 Å². The molecule has 2 fully saturated rings. The van der Waals surface area contributed by atoms with E-state index in [9.17, 15) is 14.0 Å². The summed E-state index contributed by atoms with van der Waals surface area (Å²) >= 11 is 0. The summed E-state index contributed by atoms with van der Waals surface area (Å²) in [6.07, 6.45) is 2.81. The molecular weight excluding hydrogens is 373 g/mol. The second-order valence-electron chi connectivity index (χ2n) is 9.02. The van der Waals surface area contributed by atoms with Crippen LogP contribution in [-0.2, 0) is 16.1 Å². The molecule has 2 saturated heterocycles. The van der Waals surface area contributed by atoms with Gasteiger partial charge in [-0.1, -0.05) is 12.1 Å². The van der Waals surface area contributed by atoms with Crippen LogP contribution in [0.5, 0.6) is 0 Å². The van der Waals surface area contributed by atoms with Gasteiger partial charge in [0.25, 0.3) is 0 Å². The molecule has 2 amide bonds. The second kappa shape index (κ2) is 9.11. The normalized spacial score (nSPS) is 21.2. The second-order valence-corrected chi connectivity index (χ2v) is 9.02. The van der Waals surface area contributed by atoms with Crippen molar-refractivity contribution in [2.45, 2.75) is 70.7 Å². The molecule has 160 valence electrons. The number of hydrogen-bond acceptors (Lipinski definition) is 4. The molecule has 1 aromatic carbocycles. The lowest BCUT2D eigenvalue weighted by atomic mass is 10.0. The molecule has 1 unspecified atom stereocenters. The van der Waals surface area contributed by atoms with Crippen LogP contribution in [0.4, 0.5) is 9.18 Å². The number of likely N-dealkylation sites (tertiary alicyclic amines) is 2. The highest BCUT2D eigenvalue weighted by molar-refractivity contribution is 5.86. The van der Waals surface area contributed by atoms with Gasteiger partial charge in [-0.15, -0.1) is 0 Å². The van der Waals surface area contributed by atoms with Crippen LogP contribution in [0.25, 0.3) is 0 Å². The fourth-order valence-electron chi connectivity index (χ4n) is 3.96. The van der Waals surface area contributed by atoms with Gasteiger partial charge in [-0.05, 0) is 64.2 Å². The molecule has 1 N–H and O–H groups in total. The van der Waals surface area contributed by atoms with Crippen LogP contribution in [0.2, 0.25) is 0 Å². The van der Waals surface area contributed by atoms with Gasteiger partial charge < -0.3 is 10.1 Å². The Bertz CT molecular complexity index is 709. The number of ether oxygens (including phenoxy) is 1. The van der Waals surface area contributed by atoms with E-state index in [0.717, 1.165) is 44.5 Å². The summed E-state index contributed by atoms with van der Waals surface area (Å²) in [5, 5.41) is 3.14. The van der Waals surface area contributed by atoms with E-state index in [1.165, 1.54) is 12.1 Å². The van der Waals surface area contributed by atoms with Gasteiger partial charge >= 0.3 is 6.09 Å². The molecule has 0 aromatic heterocycles. The van der Waals surface area contributed by atoms with E-state index in [4.69, 9.17) is 4.74 Å². The molecule has 6 nitrogen and oxygen atoms in total. The SMILES string of the molecule is CC(C)(C)OC(=O)N1CCCC1C(=O)NC1CCN(Cc2ccc(F)cc2)CC1. The lowest BCUT2D eigenvalue weighted by Gasteiger charge is -2.34. The lowest BCUT2D eigenvalue weighted by Crippen LogP contribution is -2.52. The predicted octanol–water partition coefficient (Wildman–Crippen LogP) is 3.31. The van der Waals surface area contributed by atoms with Gasteiger partial charge in [-0.3, -0.25) is 14.6 Å². The maximum atomic E-state index is 13.0. The van der Waals surface area contributed by atoms with E-state index >= 15 is 0 Å². The van der Waals surface area contributed by atoms with Crippen molar-refractivity contribution in [3.8, 4) is 0 Å². The molecule has 2 aliphatic rings. The first-order chi connectivity index (χ1) is 13.7. The van der Waals surface area contributed by atoms with E-state index in [0.29, 0.717) is 13.0 Å². The van der Waals surface area contributed by atoms with Crippen LogP contribution in [0.3, 0.4) is 0 Å². The zero-order valence-electron chi connectivity index (χ0n) is 17.6. The predicted molar refractivity (Wildman–Crippen MR) is 109 cm³/mol. The highest BCUT2D eigenvalue weighted by Gasteiger charge is 2.37. The van der Waals surface area contributed by atoms with Crippen molar-refractivity contribution in [3.63, 3.8) is 0 Å². The summed E-state index contributed by atoms with van der Waals surface area (Å²) in [7, 11) is 0. The maximum Gasteiger partial charge on any atom is 0.410 e. The third-order valence-corrected chi connectivity index (χ3v) is 5.44. The Hall–Kier alpha value is -2.15. The van der Waals surface area contributed by atoms with Gasteiger partial charge in [0.05, 0.1) is 0 Å². The van der Waals surface area contributed by atoms with Gasteiger partial charge in [0.1, 0.15) is 17.5 Å². The molecule has 0 bridgehead atoms. The number of benzene rings is 1. The Morgan fingerprint density at radius 1 is 1.10 bits per heavy atom. The number of amides is 2. The van der Waals surface area contributed by atoms with Crippen molar-refractivity contribution in [2.75, 3.05) is 19.6 Å². The minimum atomic E-state index is -0.571. The Morgan fingerprint density at radius 2 is 1.76 bits per heavy atom. The fraction of sp³-hybridized carbons (Fsp3) is 0.636. The van der Waals surface area contributed by atoms with Crippen molar-refractivity contribution in [3.05, 3.63) is 35.6 Å². The Balaban J connectivity index is 1.46. The van der Waals surface area contributed by atoms with Gasteiger partial charge in [0, 0.05) is 32.2 Å². The number of halogens is 1. The van der Waals surface area contributed by atoms with E-state index < -0.39 is 17.7 Å². The first-order valence-corrected chi connectivity index (χ1v) is 10.5. The average Bonchev–Trinajstić information content (AvgIpc) is 3.14. The summed E-state index contributed by atoms with van der Waals surface area (Å²) in [5.41, 5.74) is 0.519. The summed E-state index contributed by atoms with van der Waals surface area (Å²) < 4.78 is 18.5. The monoisotopic (exact) mass is 405 g/mol. The van der Waals surface area contributed by atoms with Crippen LogP contribution in [0, 0.1) is 5.82 Å². The van der Waals surface area contributed by atoms with Crippen molar-refractivity contribution < 1.29 is 18.7 Å². The molecule has 1 atom stereocenters. The van der Waals surface area contributed by atoms with Crippen LogP contribution in [0.15, 0.2) is 24.3 Å². The molecule has 3 rings (SSSR count). The first-order valence-electron chi connectivity index (χ1n) is 10.5. The number of carbonyl (C=O) groups excluding carboxylic acids is 2. The third kappa shape index (κ3) is 6.16. The smallest absolute Gasteiger partial charge is 0.410 e. The molecule has 2 heterocycles. The molecule has 7 heteroatoms. The molecule has 2 aliphatic heterocycles. The lowest BCUT2D eigenvalue weighted by molar-refractivity contribution is -0.126. The Labute approximate surface area is 172 Å². The number of rotatable bonds is 4. The van der Waals surface area contributed by atoms with Gasteiger partial charge in [-0.25, -0.2) is 9.18 Å². The molecule has 0 radical (unpaired) electrons. The molecular formula is C22H32FN3O3. The topological polar surface area (TPSA) is 61.9 Å². The molecule has 1 aromatic rings. The summed E-state index contributed by atoms with van der Waals surface area (Å²) in [5.74, 6) is -0.298. The molecule has 0 saturated carbocycles. The van der Waals surface area contributed by atoms with E-state index in [1.807, 2.05) is 32.9 Å². The Morgan fingerprint density at radius 3 is 2.38 bits per heavy atom. The van der Waals surface area contributed by atoms with Gasteiger partial charge in [0.2, 0.25) is 5.91 Å². The molecule has 0 spiro atoms. The Kier molecular flexibility index (Phi) is 6.77. The number of nitrogens with one attached hydrogen (secondary N) is 1. The van der Waals surface area contributed by atoms with Crippen molar-refractivity contribution >= 4 is 12.0 Å². The number of piperidine rings is 1. The third-order valence-electron chi connectivity index (χ3n) is 5.44. The first kappa shape index (κ1) is 21.6. The minimum Gasteiger partial charge on any atom is -0.444 e. The van der Waals surface area contributed by atoms with Gasteiger partial charge in [-0.2, -0.15) is 0 Å². The quantitative estimate of drug-likeness (QED) is 0.835. The average molecular weight is 406 g/mol. The van der Waals surface area contributed by atoms with Crippen LogP contribution < -0.4 is 5.32 Å². The van der Waals surface area contributed by atoms with E-state index in [1.54, 1.807) is 4.90 Å². The van der Waals surface area contributed by atoms with E-state index in [-0.39, 0.29) is 17.8 Å². The van der Waals surface area contributed by atoms with Crippen LogP contribution in [0.1, 0.15) is 52.0 Å². The number of carbonyl (C=O) groups is 2. The molecule has 0 aliphatic carbocycles. The summed E-state index contributed by atoms with van der Waals surface area (Å²) in [4.78, 5) is 29.1. The standard InChI is InChI=1S/C22H32FN3O3/c1-22(2,3)29-21(28)26-12-4-5-19(26)20(27)24-18-10-13-25(14-11-18)15-16-6-8-17(23)9-7-16/h6-9,18-19H,4-5,10-15H2,1-3H3,(H,24,27). The molecule has 29 heavy (non-hydrogen) atoms. The van der Waals surface area contributed by atoms with Crippen molar-refractivity contribution in [1.82, 2.24) is 15.1 Å². The summed E-state index contributed by atoms with van der Waals surface area (Å²) in [6, 6.07) is 6.28. The van der Waals surface area contributed by atoms with Crippen molar-refractivity contribution in [1.29, 1.82) is 0 Å². The number of hydrogen-bond donors (Lipinski definition) is 1. The maximum absolute atomic E-state index is 13.0. The van der Waals surface area contributed by atoms with Crippen LogP contribution >= 0.6 is 0 Å². The summed E-state index contributed by atoms with van der Waals surface area (Å²) in [6.45, 7) is 8.59. The highest BCUT2D eigenvalue weighted by Crippen LogP contribution is 2.22. The zero-order chi connectivity index (χ0) is 21.0. The largest absolute Gasteiger partial charge is 0.444 e.